The first-order chi connectivity index (χ1) is 9.84. The summed E-state index contributed by atoms with van der Waals surface area (Å²) in [5, 5.41) is 6.35. The summed E-state index contributed by atoms with van der Waals surface area (Å²) in [6.07, 6.45) is 3.52. The van der Waals surface area contributed by atoms with Gasteiger partial charge in [-0.1, -0.05) is 6.07 Å². The van der Waals surface area contributed by atoms with Gasteiger partial charge in [0, 0.05) is 12.6 Å². The zero-order valence-electron chi connectivity index (χ0n) is 11.5. The summed E-state index contributed by atoms with van der Waals surface area (Å²) >= 11 is 0. The van der Waals surface area contributed by atoms with Crippen LogP contribution in [0, 0.1) is 0 Å². The highest BCUT2D eigenvalue weighted by molar-refractivity contribution is 5.97. The van der Waals surface area contributed by atoms with E-state index < -0.39 is 0 Å². The first kappa shape index (κ1) is 13.2. The number of rotatable bonds is 6. The molecule has 1 saturated carbocycles. The van der Waals surface area contributed by atoms with Gasteiger partial charge in [0.2, 0.25) is 0 Å². The number of benzene rings is 1. The van der Waals surface area contributed by atoms with Crippen LogP contribution in [-0.2, 0) is 0 Å². The van der Waals surface area contributed by atoms with Gasteiger partial charge in [-0.2, -0.15) is 0 Å². The zero-order valence-corrected chi connectivity index (χ0v) is 11.5. The van der Waals surface area contributed by atoms with Crippen LogP contribution in [0.5, 0.6) is 11.5 Å². The second-order valence-electron chi connectivity index (χ2n) is 5.17. The van der Waals surface area contributed by atoms with Crippen molar-refractivity contribution in [3.8, 4) is 11.5 Å². The Labute approximate surface area is 118 Å². The molecule has 108 valence electrons. The molecule has 2 aliphatic rings. The van der Waals surface area contributed by atoms with Gasteiger partial charge < -0.3 is 20.1 Å². The number of nitrogens with one attached hydrogen (secondary N) is 2. The number of carbonyl (C=O) groups excluding carboxylic acids is 1. The predicted octanol–water partition coefficient (Wildman–Crippen LogP) is 1.33. The highest BCUT2D eigenvalue weighted by Crippen LogP contribution is 2.33. The number of hydrogen-bond donors (Lipinski definition) is 2. The molecule has 0 radical (unpaired) electrons. The Morgan fingerprint density at radius 1 is 1.20 bits per heavy atom. The second-order valence-corrected chi connectivity index (χ2v) is 5.17. The minimum Gasteiger partial charge on any atom is -0.486 e. The normalized spacial score (nSPS) is 16.8. The molecule has 0 aromatic heterocycles. The number of hydrogen-bond acceptors (Lipinski definition) is 4. The third-order valence-corrected chi connectivity index (χ3v) is 3.46. The molecule has 1 aromatic carbocycles. The average molecular weight is 276 g/mol. The molecular formula is C15H20N2O3. The highest BCUT2D eigenvalue weighted by Gasteiger charge is 2.21. The van der Waals surface area contributed by atoms with Crippen molar-refractivity contribution < 1.29 is 14.3 Å². The molecule has 1 aliphatic heterocycles. The van der Waals surface area contributed by atoms with E-state index in [1.807, 2.05) is 12.1 Å². The van der Waals surface area contributed by atoms with E-state index in [9.17, 15) is 4.79 Å². The summed E-state index contributed by atoms with van der Waals surface area (Å²) in [6.45, 7) is 2.65. The molecule has 5 heteroatoms. The standard InChI is InChI=1S/C15H20N2O3/c18-15(17-8-2-7-16-11-5-6-11)12-3-1-4-13-14(12)20-10-9-19-13/h1,3-4,11,16H,2,5-10H2,(H,17,18). The lowest BCUT2D eigenvalue weighted by Gasteiger charge is -2.20. The molecule has 0 saturated heterocycles. The summed E-state index contributed by atoms with van der Waals surface area (Å²) < 4.78 is 11.0. The van der Waals surface area contributed by atoms with E-state index in [0.29, 0.717) is 36.8 Å². The van der Waals surface area contributed by atoms with Crippen molar-refractivity contribution in [3.63, 3.8) is 0 Å². The van der Waals surface area contributed by atoms with E-state index in [4.69, 9.17) is 9.47 Å². The summed E-state index contributed by atoms with van der Waals surface area (Å²) in [5.41, 5.74) is 0.553. The second kappa shape index (κ2) is 6.13. The summed E-state index contributed by atoms with van der Waals surface area (Å²) in [5.74, 6) is 1.12. The molecule has 0 atom stereocenters. The molecule has 2 N–H and O–H groups in total. The summed E-state index contributed by atoms with van der Waals surface area (Å²) in [6, 6.07) is 6.13. The lowest BCUT2D eigenvalue weighted by atomic mass is 10.1. The largest absolute Gasteiger partial charge is 0.486 e. The van der Waals surface area contributed by atoms with E-state index in [0.717, 1.165) is 19.0 Å². The summed E-state index contributed by atoms with van der Waals surface area (Å²) in [4.78, 5) is 12.2. The fourth-order valence-corrected chi connectivity index (χ4v) is 2.23. The van der Waals surface area contributed by atoms with Gasteiger partial charge in [-0.15, -0.1) is 0 Å². The van der Waals surface area contributed by atoms with Crippen LogP contribution >= 0.6 is 0 Å². The maximum Gasteiger partial charge on any atom is 0.255 e. The number of fused-ring (bicyclic) bond motifs is 1. The molecule has 0 unspecified atom stereocenters. The van der Waals surface area contributed by atoms with Crippen LogP contribution in [0.25, 0.3) is 0 Å². The molecule has 0 bridgehead atoms. The third-order valence-electron chi connectivity index (χ3n) is 3.46. The zero-order chi connectivity index (χ0) is 13.8. The molecule has 1 aliphatic carbocycles. The molecule has 3 rings (SSSR count). The van der Waals surface area contributed by atoms with Gasteiger partial charge in [0.05, 0.1) is 5.56 Å². The quantitative estimate of drug-likeness (QED) is 0.770. The Balaban J connectivity index is 1.51. The van der Waals surface area contributed by atoms with E-state index in [1.54, 1.807) is 6.07 Å². The van der Waals surface area contributed by atoms with Crippen LogP contribution < -0.4 is 20.1 Å². The SMILES string of the molecule is O=C(NCCCNC1CC1)c1cccc2c1OCCO2. The van der Waals surface area contributed by atoms with Gasteiger partial charge in [-0.05, 0) is 37.9 Å². The first-order valence-electron chi connectivity index (χ1n) is 7.25. The number of carbonyl (C=O) groups is 1. The molecule has 1 amide bonds. The first-order valence-corrected chi connectivity index (χ1v) is 7.25. The van der Waals surface area contributed by atoms with Crippen molar-refractivity contribution >= 4 is 5.91 Å². The smallest absolute Gasteiger partial charge is 0.255 e. The van der Waals surface area contributed by atoms with Crippen molar-refractivity contribution in [2.75, 3.05) is 26.3 Å². The van der Waals surface area contributed by atoms with Gasteiger partial charge in [0.25, 0.3) is 5.91 Å². The van der Waals surface area contributed by atoms with Crippen molar-refractivity contribution in [2.24, 2.45) is 0 Å². The van der Waals surface area contributed by atoms with Crippen LogP contribution in [0.15, 0.2) is 18.2 Å². The monoisotopic (exact) mass is 276 g/mol. The van der Waals surface area contributed by atoms with Gasteiger partial charge in [0.1, 0.15) is 13.2 Å². The predicted molar refractivity (Wildman–Crippen MR) is 75.4 cm³/mol. The fourth-order valence-electron chi connectivity index (χ4n) is 2.23. The van der Waals surface area contributed by atoms with E-state index in [2.05, 4.69) is 10.6 Å². The Bertz CT molecular complexity index is 486. The molecule has 1 heterocycles. The van der Waals surface area contributed by atoms with E-state index in [-0.39, 0.29) is 5.91 Å². The Kier molecular flexibility index (Phi) is 4.06. The molecule has 1 fully saturated rings. The third kappa shape index (κ3) is 3.22. The number of para-hydroxylation sites is 1. The fraction of sp³-hybridized carbons (Fsp3) is 0.533. The van der Waals surface area contributed by atoms with Crippen molar-refractivity contribution in [1.82, 2.24) is 10.6 Å². The average Bonchev–Trinajstić information content (AvgIpc) is 3.30. The minimum absolute atomic E-state index is 0.0984. The molecule has 0 spiro atoms. The van der Waals surface area contributed by atoms with Crippen LogP contribution in [0.3, 0.4) is 0 Å². The van der Waals surface area contributed by atoms with Crippen LogP contribution in [0.1, 0.15) is 29.6 Å². The maximum atomic E-state index is 12.2. The Morgan fingerprint density at radius 2 is 2.05 bits per heavy atom. The molecule has 5 nitrogen and oxygen atoms in total. The lowest BCUT2D eigenvalue weighted by molar-refractivity contribution is 0.0942. The molecular weight excluding hydrogens is 256 g/mol. The molecule has 20 heavy (non-hydrogen) atoms. The number of amides is 1. The minimum atomic E-state index is -0.0984. The van der Waals surface area contributed by atoms with Crippen LogP contribution in [-0.4, -0.2) is 38.3 Å². The highest BCUT2D eigenvalue weighted by atomic mass is 16.6. The van der Waals surface area contributed by atoms with Crippen molar-refractivity contribution in [3.05, 3.63) is 23.8 Å². The van der Waals surface area contributed by atoms with Gasteiger partial charge in [-0.25, -0.2) is 0 Å². The van der Waals surface area contributed by atoms with Gasteiger partial charge in [-0.3, -0.25) is 4.79 Å². The van der Waals surface area contributed by atoms with Crippen LogP contribution in [0.4, 0.5) is 0 Å². The lowest BCUT2D eigenvalue weighted by Crippen LogP contribution is -2.29. The van der Waals surface area contributed by atoms with E-state index in [1.165, 1.54) is 12.8 Å². The van der Waals surface area contributed by atoms with Crippen molar-refractivity contribution in [1.29, 1.82) is 0 Å². The maximum absolute atomic E-state index is 12.2. The number of ether oxygens (including phenoxy) is 2. The van der Waals surface area contributed by atoms with Crippen LogP contribution in [0.2, 0.25) is 0 Å². The Morgan fingerprint density at radius 3 is 2.90 bits per heavy atom. The van der Waals surface area contributed by atoms with E-state index >= 15 is 0 Å². The topological polar surface area (TPSA) is 59.6 Å². The van der Waals surface area contributed by atoms with Gasteiger partial charge in [0.15, 0.2) is 11.5 Å². The Hall–Kier alpha value is -1.75. The summed E-state index contributed by atoms with van der Waals surface area (Å²) in [7, 11) is 0. The molecule has 1 aromatic rings. The van der Waals surface area contributed by atoms with Crippen molar-refractivity contribution in [2.45, 2.75) is 25.3 Å². The van der Waals surface area contributed by atoms with Gasteiger partial charge >= 0.3 is 0 Å².